The number of likely N-dealkylation sites (tertiary alicyclic amines) is 2. The molecule has 0 N–H and O–H groups in total. The fraction of sp³-hybridized carbons (Fsp3) is 0.565. The molecule has 150 valence electrons. The molecule has 1 aromatic heterocycles. The van der Waals surface area contributed by atoms with Gasteiger partial charge in [0.25, 0.3) is 5.91 Å². The van der Waals surface area contributed by atoms with E-state index in [1.165, 1.54) is 32.5 Å². The van der Waals surface area contributed by atoms with Crippen LogP contribution in [0.4, 0.5) is 0 Å². The zero-order valence-electron chi connectivity index (χ0n) is 17.2. The zero-order valence-corrected chi connectivity index (χ0v) is 17.2. The van der Waals surface area contributed by atoms with E-state index in [4.69, 9.17) is 0 Å². The highest BCUT2D eigenvalue weighted by Gasteiger charge is 2.26. The topological polar surface area (TPSA) is 41.4 Å². The number of hydrogen-bond acceptors (Lipinski definition) is 3. The lowest BCUT2D eigenvalue weighted by Crippen LogP contribution is -2.43. The van der Waals surface area contributed by atoms with Gasteiger partial charge in [0.05, 0.1) is 5.69 Å². The molecule has 1 aromatic carbocycles. The summed E-state index contributed by atoms with van der Waals surface area (Å²) in [6.07, 6.45) is 6.73. The van der Waals surface area contributed by atoms with Crippen LogP contribution in [-0.4, -0.2) is 58.2 Å². The maximum absolute atomic E-state index is 12.9. The van der Waals surface area contributed by atoms with E-state index < -0.39 is 0 Å². The van der Waals surface area contributed by atoms with Gasteiger partial charge >= 0.3 is 0 Å². The smallest absolute Gasteiger partial charge is 0.253 e. The molecule has 1 amide bonds. The van der Waals surface area contributed by atoms with Crippen LogP contribution >= 0.6 is 0 Å². The molecule has 4 rings (SSSR count). The van der Waals surface area contributed by atoms with Gasteiger partial charge in [-0.05, 0) is 87.9 Å². The molecule has 0 saturated carbocycles. The maximum atomic E-state index is 12.9. The van der Waals surface area contributed by atoms with E-state index in [2.05, 4.69) is 16.9 Å². The first-order valence-corrected chi connectivity index (χ1v) is 10.7. The van der Waals surface area contributed by atoms with Crippen molar-refractivity contribution in [3.63, 3.8) is 0 Å². The van der Waals surface area contributed by atoms with Crippen molar-refractivity contribution in [3.8, 4) is 5.69 Å². The quantitative estimate of drug-likeness (QED) is 0.811. The predicted molar refractivity (Wildman–Crippen MR) is 112 cm³/mol. The highest BCUT2D eigenvalue weighted by molar-refractivity contribution is 5.94. The summed E-state index contributed by atoms with van der Waals surface area (Å²) in [6.45, 7) is 9.88. The van der Waals surface area contributed by atoms with Crippen molar-refractivity contribution in [2.45, 2.75) is 39.5 Å². The summed E-state index contributed by atoms with van der Waals surface area (Å²) in [5, 5.41) is 4.33. The van der Waals surface area contributed by atoms with Crippen molar-refractivity contribution < 1.29 is 4.79 Å². The number of hydrogen-bond donors (Lipinski definition) is 0. The predicted octanol–water partition coefficient (Wildman–Crippen LogP) is 3.76. The SMILES string of the molecule is Cc1ccnn1-c1ccc(C(=O)N2CCC(CN3CCC(C)CC3)CC2)cc1. The van der Waals surface area contributed by atoms with Crippen LogP contribution in [0, 0.1) is 18.8 Å². The normalized spacial score (nSPS) is 19.9. The van der Waals surface area contributed by atoms with Crippen LogP contribution in [-0.2, 0) is 0 Å². The molecule has 3 heterocycles. The molecule has 2 aliphatic rings. The average Bonchev–Trinajstić information content (AvgIpc) is 3.16. The Hall–Kier alpha value is -2.14. The summed E-state index contributed by atoms with van der Waals surface area (Å²) >= 11 is 0. The average molecular weight is 381 g/mol. The third-order valence-corrected chi connectivity index (χ3v) is 6.49. The van der Waals surface area contributed by atoms with Gasteiger partial charge in [0.15, 0.2) is 0 Å². The Morgan fingerprint density at radius 1 is 1.00 bits per heavy atom. The van der Waals surface area contributed by atoms with E-state index in [1.807, 2.05) is 46.8 Å². The summed E-state index contributed by atoms with van der Waals surface area (Å²) in [5.41, 5.74) is 2.86. The molecular weight excluding hydrogens is 348 g/mol. The van der Waals surface area contributed by atoms with Crippen molar-refractivity contribution in [3.05, 3.63) is 47.8 Å². The lowest BCUT2D eigenvalue weighted by molar-refractivity contribution is 0.0653. The van der Waals surface area contributed by atoms with Crippen LogP contribution in [0.1, 0.15) is 48.7 Å². The largest absolute Gasteiger partial charge is 0.339 e. The van der Waals surface area contributed by atoms with Gasteiger partial charge in [-0.1, -0.05) is 6.92 Å². The van der Waals surface area contributed by atoms with E-state index in [9.17, 15) is 4.79 Å². The fourth-order valence-electron chi connectivity index (χ4n) is 4.50. The number of benzene rings is 1. The van der Waals surface area contributed by atoms with Crippen LogP contribution in [0.15, 0.2) is 36.5 Å². The third-order valence-electron chi connectivity index (χ3n) is 6.49. The number of carbonyl (C=O) groups is 1. The second kappa shape index (κ2) is 8.48. The first-order chi connectivity index (χ1) is 13.6. The minimum Gasteiger partial charge on any atom is -0.339 e. The van der Waals surface area contributed by atoms with Crippen molar-refractivity contribution in [1.82, 2.24) is 19.6 Å². The molecule has 2 fully saturated rings. The number of aromatic nitrogens is 2. The second-order valence-electron chi connectivity index (χ2n) is 8.65. The summed E-state index contributed by atoms with van der Waals surface area (Å²) < 4.78 is 1.89. The van der Waals surface area contributed by atoms with Crippen molar-refractivity contribution in [1.29, 1.82) is 0 Å². The summed E-state index contributed by atoms with van der Waals surface area (Å²) in [4.78, 5) is 17.6. The monoisotopic (exact) mass is 380 g/mol. The molecule has 0 spiro atoms. The third kappa shape index (κ3) is 4.30. The molecule has 2 aliphatic heterocycles. The summed E-state index contributed by atoms with van der Waals surface area (Å²) in [6, 6.07) is 9.81. The lowest BCUT2D eigenvalue weighted by Gasteiger charge is -2.37. The zero-order chi connectivity index (χ0) is 19.5. The highest BCUT2D eigenvalue weighted by Crippen LogP contribution is 2.23. The molecule has 0 unspecified atom stereocenters. The first kappa shape index (κ1) is 19.2. The molecule has 5 nitrogen and oxygen atoms in total. The van der Waals surface area contributed by atoms with Gasteiger partial charge in [-0.3, -0.25) is 4.79 Å². The van der Waals surface area contributed by atoms with Gasteiger partial charge in [0, 0.05) is 37.1 Å². The van der Waals surface area contributed by atoms with Gasteiger partial charge in [-0.25, -0.2) is 4.68 Å². The molecule has 2 saturated heterocycles. The standard InChI is InChI=1S/C23H32N4O/c1-18-8-13-25(14-9-18)17-20-10-15-26(16-11-20)23(28)21-3-5-22(6-4-21)27-19(2)7-12-24-27/h3-7,12,18,20H,8-11,13-17H2,1-2H3. The molecule has 0 atom stereocenters. The Morgan fingerprint density at radius 3 is 2.29 bits per heavy atom. The van der Waals surface area contributed by atoms with Crippen molar-refractivity contribution >= 4 is 5.91 Å². The van der Waals surface area contributed by atoms with Gasteiger partial charge in [-0.2, -0.15) is 5.10 Å². The molecule has 0 aliphatic carbocycles. The fourth-order valence-corrected chi connectivity index (χ4v) is 4.50. The number of aryl methyl sites for hydroxylation is 1. The van der Waals surface area contributed by atoms with E-state index in [-0.39, 0.29) is 5.91 Å². The highest BCUT2D eigenvalue weighted by atomic mass is 16.2. The number of nitrogens with zero attached hydrogens (tertiary/aromatic N) is 4. The first-order valence-electron chi connectivity index (χ1n) is 10.7. The van der Waals surface area contributed by atoms with E-state index in [1.54, 1.807) is 6.20 Å². The number of piperidine rings is 2. The molecule has 5 heteroatoms. The van der Waals surface area contributed by atoms with Gasteiger partial charge in [0.2, 0.25) is 0 Å². The number of carbonyl (C=O) groups excluding carboxylic acids is 1. The Morgan fingerprint density at radius 2 is 1.68 bits per heavy atom. The minimum atomic E-state index is 0.161. The Kier molecular flexibility index (Phi) is 5.81. The Balaban J connectivity index is 1.29. The van der Waals surface area contributed by atoms with E-state index in [0.29, 0.717) is 0 Å². The van der Waals surface area contributed by atoms with Crippen molar-refractivity contribution in [2.24, 2.45) is 11.8 Å². The molecule has 0 radical (unpaired) electrons. The minimum absolute atomic E-state index is 0.161. The van der Waals surface area contributed by atoms with Crippen LogP contribution in [0.5, 0.6) is 0 Å². The van der Waals surface area contributed by atoms with Gasteiger partial charge in [0.1, 0.15) is 0 Å². The van der Waals surface area contributed by atoms with Crippen LogP contribution < -0.4 is 0 Å². The molecule has 0 bridgehead atoms. The van der Waals surface area contributed by atoms with Gasteiger partial charge < -0.3 is 9.80 Å². The maximum Gasteiger partial charge on any atom is 0.253 e. The Labute approximate surface area is 168 Å². The van der Waals surface area contributed by atoms with Crippen LogP contribution in [0.25, 0.3) is 5.69 Å². The van der Waals surface area contributed by atoms with E-state index >= 15 is 0 Å². The number of amides is 1. The summed E-state index contributed by atoms with van der Waals surface area (Å²) in [7, 11) is 0. The second-order valence-corrected chi connectivity index (χ2v) is 8.65. The molecular formula is C23H32N4O. The van der Waals surface area contributed by atoms with Gasteiger partial charge in [-0.15, -0.1) is 0 Å². The van der Waals surface area contributed by atoms with E-state index in [0.717, 1.165) is 54.7 Å². The summed E-state index contributed by atoms with van der Waals surface area (Å²) in [5.74, 6) is 1.79. The van der Waals surface area contributed by atoms with Crippen LogP contribution in [0.3, 0.4) is 0 Å². The van der Waals surface area contributed by atoms with Crippen LogP contribution in [0.2, 0.25) is 0 Å². The molecule has 2 aromatic rings. The lowest BCUT2D eigenvalue weighted by atomic mass is 9.93. The number of rotatable bonds is 4. The molecule has 28 heavy (non-hydrogen) atoms. The Bertz CT molecular complexity index is 781. The van der Waals surface area contributed by atoms with Crippen molar-refractivity contribution in [2.75, 3.05) is 32.7 Å².